The monoisotopic (exact) mass is 947 g/mol. The summed E-state index contributed by atoms with van der Waals surface area (Å²) in [7, 11) is 0. The zero-order valence-electron chi connectivity index (χ0n) is 34.7. The van der Waals surface area contributed by atoms with Crippen molar-refractivity contribution in [2.75, 3.05) is 31.1 Å². The molecule has 0 aromatic heterocycles. The molecule has 2 aromatic carbocycles. The van der Waals surface area contributed by atoms with E-state index in [1.165, 1.54) is 24.3 Å². The molecule has 65 heavy (non-hydrogen) atoms. The van der Waals surface area contributed by atoms with Crippen molar-refractivity contribution in [3.05, 3.63) is 65.7 Å². The lowest BCUT2D eigenvalue weighted by Gasteiger charge is -2.27. The fraction of sp³-hybridized carbons (Fsp3) is 0.410. The topological polar surface area (TPSA) is 403 Å². The highest BCUT2D eigenvalue weighted by Gasteiger charge is 2.34. The Kier molecular flexibility index (Phi) is 23.3. The lowest BCUT2D eigenvalue weighted by molar-refractivity contribution is -0.141. The lowest BCUT2D eigenvalue weighted by Crippen LogP contribution is -2.60. The molecule has 0 fully saturated rings. The smallest absolute Gasteiger partial charge is 0.327 e. The molecule has 0 spiro atoms. The van der Waals surface area contributed by atoms with Crippen LogP contribution >= 0.6 is 25.3 Å². The molecule has 0 aliphatic carbocycles. The number of nitrogens with two attached hydrogens (primary N) is 3. The summed E-state index contributed by atoms with van der Waals surface area (Å²) in [5.74, 6) is -11.5. The van der Waals surface area contributed by atoms with Gasteiger partial charge in [0.05, 0.1) is 26.1 Å². The van der Waals surface area contributed by atoms with Crippen LogP contribution in [-0.4, -0.2) is 143 Å². The molecule has 0 saturated carbocycles. The van der Waals surface area contributed by atoms with E-state index in [9.17, 15) is 63.0 Å². The summed E-state index contributed by atoms with van der Waals surface area (Å²) in [4.78, 5) is 140. The van der Waals surface area contributed by atoms with Gasteiger partial charge in [-0.25, -0.2) is 4.79 Å². The van der Waals surface area contributed by atoms with Crippen molar-refractivity contribution in [3.63, 3.8) is 0 Å². The van der Waals surface area contributed by atoms with E-state index < -0.39 is 134 Å². The van der Waals surface area contributed by atoms with Crippen molar-refractivity contribution < 1.29 is 63.0 Å². The molecule has 0 bridgehead atoms. The summed E-state index contributed by atoms with van der Waals surface area (Å²) < 4.78 is 0. The molecule has 24 nitrogen and oxygen atoms in total. The molecule has 0 aliphatic rings. The van der Waals surface area contributed by atoms with Crippen LogP contribution < -0.4 is 59.7 Å². The maximum absolute atomic E-state index is 14.2. The molecule has 6 atom stereocenters. The largest absolute Gasteiger partial charge is 0.508 e. The van der Waals surface area contributed by atoms with Crippen LogP contribution in [0, 0.1) is 0 Å². The molecule has 0 aliphatic heterocycles. The number of amides is 10. The molecule has 26 heteroatoms. The zero-order valence-corrected chi connectivity index (χ0v) is 36.5. The minimum absolute atomic E-state index is 0.108. The van der Waals surface area contributed by atoms with Crippen LogP contribution in [0.1, 0.15) is 30.4 Å². The third-order valence-electron chi connectivity index (χ3n) is 8.98. The van der Waals surface area contributed by atoms with Crippen LogP contribution in [0.5, 0.6) is 5.75 Å². The number of carboxylic acid groups (broad SMARTS) is 1. The van der Waals surface area contributed by atoms with Gasteiger partial charge in [-0.15, -0.1) is 0 Å². The first kappa shape index (κ1) is 54.2. The summed E-state index contributed by atoms with van der Waals surface area (Å²) in [6.07, 6.45) is -2.20. The Morgan fingerprint density at radius 2 is 0.969 bits per heavy atom. The highest BCUT2D eigenvalue weighted by Crippen LogP contribution is 2.13. The van der Waals surface area contributed by atoms with Gasteiger partial charge in [-0.1, -0.05) is 42.5 Å². The Morgan fingerprint density at radius 3 is 1.48 bits per heavy atom. The Bertz CT molecular complexity index is 2030. The first-order valence-electron chi connectivity index (χ1n) is 19.6. The normalized spacial score (nSPS) is 13.4. The number of primary amides is 2. The Labute approximate surface area is 382 Å². The minimum atomic E-state index is -1.75. The van der Waals surface area contributed by atoms with Crippen LogP contribution in [0.15, 0.2) is 54.6 Å². The Hall–Kier alpha value is -6.93. The third-order valence-corrected chi connectivity index (χ3v) is 9.71. The van der Waals surface area contributed by atoms with Crippen LogP contribution in [0.4, 0.5) is 0 Å². The minimum Gasteiger partial charge on any atom is -0.508 e. The number of thiol groups is 2. The summed E-state index contributed by atoms with van der Waals surface area (Å²) in [5, 5.41) is 37.9. The van der Waals surface area contributed by atoms with Crippen LogP contribution in [0.25, 0.3) is 0 Å². The number of nitrogens with one attached hydrogen (secondary N) is 8. The van der Waals surface area contributed by atoms with E-state index in [0.29, 0.717) is 11.1 Å². The van der Waals surface area contributed by atoms with Crippen LogP contribution in [0.2, 0.25) is 0 Å². The molecular weight excluding hydrogens is 895 g/mol. The number of benzene rings is 2. The quantitative estimate of drug-likeness (QED) is 0.0354. The van der Waals surface area contributed by atoms with Gasteiger partial charge >= 0.3 is 5.97 Å². The zero-order chi connectivity index (χ0) is 48.6. The van der Waals surface area contributed by atoms with Crippen molar-refractivity contribution in [2.24, 2.45) is 17.2 Å². The Balaban J connectivity index is 2.43. The standard InChI is InChI=1S/C39H53N11O13S2/c40-15-31(54)43-16-32(55)44-17-33(56)45-27(18-64)38(61)48-25(13-21-6-8-22(51)9-7-21)36(59)47-24(12-20-4-2-1-3-5-20)35(58)46-23(10-11-29(41)52)34(57)49-26(14-30(42)53)37(60)50-28(19-65)39(62)63/h1-9,23-28,51,64-65H,10-19,40H2,(H2,41,52)(H2,42,53)(H,43,54)(H,44,55)(H,45,56)(H,46,58)(H,47,59)(H,48,61)(H,49,57)(H,50,60)(H,62,63)/t23-,24-,25-,26-,27-,28-/m0/s1. The van der Waals surface area contributed by atoms with Crippen molar-refractivity contribution >= 4 is 90.3 Å². The number of hydrogen-bond acceptors (Lipinski definition) is 15. The van der Waals surface area contributed by atoms with E-state index in [2.05, 4.69) is 67.8 Å². The van der Waals surface area contributed by atoms with Crippen molar-refractivity contribution in [1.82, 2.24) is 42.5 Å². The van der Waals surface area contributed by atoms with Gasteiger partial charge in [-0.2, -0.15) is 25.3 Å². The second-order valence-electron chi connectivity index (χ2n) is 14.1. The van der Waals surface area contributed by atoms with E-state index in [-0.39, 0.29) is 36.6 Å². The summed E-state index contributed by atoms with van der Waals surface area (Å²) in [5.41, 5.74) is 16.7. The number of rotatable bonds is 28. The van der Waals surface area contributed by atoms with Gasteiger partial charge < -0.3 is 69.9 Å². The van der Waals surface area contributed by atoms with E-state index in [1.54, 1.807) is 30.3 Å². The molecule has 354 valence electrons. The van der Waals surface area contributed by atoms with Crippen LogP contribution in [0.3, 0.4) is 0 Å². The molecule has 10 amide bonds. The number of carbonyl (C=O) groups is 11. The highest BCUT2D eigenvalue weighted by molar-refractivity contribution is 7.80. The predicted molar refractivity (Wildman–Crippen MR) is 236 cm³/mol. The van der Waals surface area contributed by atoms with Gasteiger partial charge in [0, 0.05) is 30.8 Å². The van der Waals surface area contributed by atoms with E-state index in [1.807, 2.05) is 0 Å². The molecule has 0 unspecified atom stereocenters. The predicted octanol–water partition coefficient (Wildman–Crippen LogP) is -5.64. The molecule has 0 heterocycles. The average molecular weight is 948 g/mol. The second kappa shape index (κ2) is 28.0. The van der Waals surface area contributed by atoms with Gasteiger partial charge in [-0.05, 0) is 29.7 Å². The molecule has 0 radical (unpaired) electrons. The second-order valence-corrected chi connectivity index (χ2v) is 14.9. The number of hydrogen-bond donors (Lipinski definition) is 15. The number of aromatic hydroxyl groups is 1. The summed E-state index contributed by atoms with van der Waals surface area (Å²) in [6.45, 7) is -1.44. The van der Waals surface area contributed by atoms with Crippen molar-refractivity contribution in [3.8, 4) is 5.75 Å². The van der Waals surface area contributed by atoms with E-state index in [4.69, 9.17) is 17.2 Å². The van der Waals surface area contributed by atoms with Gasteiger partial charge in [0.1, 0.15) is 42.0 Å². The van der Waals surface area contributed by atoms with Gasteiger partial charge in [0.15, 0.2) is 0 Å². The summed E-state index contributed by atoms with van der Waals surface area (Å²) >= 11 is 8.02. The van der Waals surface area contributed by atoms with Gasteiger partial charge in [-0.3, -0.25) is 47.9 Å². The molecule has 2 rings (SSSR count). The van der Waals surface area contributed by atoms with Gasteiger partial charge in [0.25, 0.3) is 0 Å². The van der Waals surface area contributed by atoms with Crippen molar-refractivity contribution in [1.29, 1.82) is 0 Å². The number of aliphatic carboxylic acids is 1. The molecule has 2 aromatic rings. The molecular formula is C39H53N11O13S2. The van der Waals surface area contributed by atoms with E-state index in [0.717, 1.165) is 0 Å². The van der Waals surface area contributed by atoms with Crippen LogP contribution in [-0.2, 0) is 65.6 Å². The number of phenolic OH excluding ortho intramolecular Hbond substituents is 1. The lowest BCUT2D eigenvalue weighted by atomic mass is 10.0. The SMILES string of the molecule is NCC(=O)NCC(=O)NCC(=O)N[C@@H](CS)C(=O)N[C@@H](Cc1ccc(O)cc1)C(=O)N[C@@H](Cc1ccccc1)C(=O)N[C@@H](CCC(N)=O)C(=O)N[C@@H](CC(N)=O)C(=O)N[C@@H](CS)C(=O)O. The first-order valence-corrected chi connectivity index (χ1v) is 20.9. The maximum atomic E-state index is 14.2. The molecule has 0 saturated heterocycles. The fourth-order valence-electron chi connectivity index (χ4n) is 5.58. The average Bonchev–Trinajstić information content (AvgIpc) is 3.26. The number of carbonyl (C=O) groups excluding carboxylic acids is 10. The maximum Gasteiger partial charge on any atom is 0.327 e. The Morgan fingerprint density at radius 1 is 0.523 bits per heavy atom. The third kappa shape index (κ3) is 20.4. The number of carboxylic acids is 1. The fourth-order valence-corrected chi connectivity index (χ4v) is 6.09. The van der Waals surface area contributed by atoms with E-state index >= 15 is 0 Å². The van der Waals surface area contributed by atoms with Gasteiger partial charge in [0.2, 0.25) is 59.1 Å². The number of phenols is 1. The first-order chi connectivity index (χ1) is 30.8. The van der Waals surface area contributed by atoms with Crippen molar-refractivity contribution in [2.45, 2.75) is 68.4 Å². The molecule has 16 N–H and O–H groups in total. The highest BCUT2D eigenvalue weighted by atomic mass is 32.1. The summed E-state index contributed by atoms with van der Waals surface area (Å²) in [6, 6.07) is 4.46.